The van der Waals surface area contributed by atoms with Gasteiger partial charge in [0.05, 0.1) is 28.2 Å². The number of methoxy groups -OCH3 is 1. The number of carbonyl (C=O) groups is 1. The van der Waals surface area contributed by atoms with Crippen LogP contribution in [0.15, 0.2) is 12.3 Å². The van der Waals surface area contributed by atoms with Gasteiger partial charge in [0.2, 0.25) is 5.91 Å². The Kier molecular flexibility index (Phi) is 4.84. The van der Waals surface area contributed by atoms with E-state index in [0.717, 1.165) is 34.1 Å². The van der Waals surface area contributed by atoms with E-state index in [-0.39, 0.29) is 18.2 Å². The van der Waals surface area contributed by atoms with Gasteiger partial charge in [0.15, 0.2) is 0 Å². The highest BCUT2D eigenvalue weighted by Crippen LogP contribution is 2.42. The first-order chi connectivity index (χ1) is 13.0. The highest BCUT2D eigenvalue weighted by Gasteiger charge is 2.29. The summed E-state index contributed by atoms with van der Waals surface area (Å²) in [5, 5.41) is 13.3. The normalized spacial score (nSPS) is 17.0. The second-order valence-electron chi connectivity index (χ2n) is 6.67. The van der Waals surface area contributed by atoms with E-state index in [0.29, 0.717) is 28.9 Å². The summed E-state index contributed by atoms with van der Waals surface area (Å²) in [5.74, 6) is 0.0802. The third-order valence-corrected chi connectivity index (χ3v) is 5.73. The van der Waals surface area contributed by atoms with Gasteiger partial charge in [-0.25, -0.2) is 0 Å². The molecule has 0 radical (unpaired) electrons. The number of nitrogens with one attached hydrogen (secondary N) is 2. The fourth-order valence-electron chi connectivity index (χ4n) is 3.67. The van der Waals surface area contributed by atoms with Crippen LogP contribution in [0.4, 0.5) is 0 Å². The van der Waals surface area contributed by atoms with Gasteiger partial charge < -0.3 is 15.0 Å². The number of fused-ring (bicyclic) bond motifs is 3. The van der Waals surface area contributed by atoms with Crippen molar-refractivity contribution in [2.45, 2.75) is 18.8 Å². The van der Waals surface area contributed by atoms with Crippen LogP contribution in [-0.4, -0.2) is 46.1 Å². The quantitative estimate of drug-likeness (QED) is 0.695. The third kappa shape index (κ3) is 3.20. The highest BCUT2D eigenvalue weighted by molar-refractivity contribution is 6.45. The first-order valence-electron chi connectivity index (χ1n) is 8.64. The molecule has 0 fully saturated rings. The fraction of sp³-hybridized carbons (Fsp3) is 0.389. The van der Waals surface area contributed by atoms with Crippen molar-refractivity contribution >= 4 is 40.0 Å². The molecule has 2 aromatic heterocycles. The van der Waals surface area contributed by atoms with Crippen LogP contribution in [0.25, 0.3) is 22.2 Å². The van der Waals surface area contributed by atoms with E-state index in [4.69, 9.17) is 27.9 Å². The van der Waals surface area contributed by atoms with Gasteiger partial charge in [-0.2, -0.15) is 15.0 Å². The highest BCUT2D eigenvalue weighted by atomic mass is 35.5. The number of amides is 1. The number of aromatic amines is 1. The first-order valence-corrected chi connectivity index (χ1v) is 9.40. The summed E-state index contributed by atoms with van der Waals surface area (Å²) >= 11 is 12.9. The van der Waals surface area contributed by atoms with Crippen molar-refractivity contribution < 1.29 is 9.53 Å². The summed E-state index contributed by atoms with van der Waals surface area (Å²) < 4.78 is 5.25. The molecule has 0 saturated heterocycles. The lowest BCUT2D eigenvalue weighted by Gasteiger charge is -2.14. The molecule has 0 aliphatic carbocycles. The molecule has 0 spiro atoms. The zero-order valence-corrected chi connectivity index (χ0v) is 16.5. The largest absolute Gasteiger partial charge is 0.385 e. The van der Waals surface area contributed by atoms with Gasteiger partial charge >= 0.3 is 0 Å². The molecule has 0 saturated carbocycles. The predicted octanol–water partition coefficient (Wildman–Crippen LogP) is 3.06. The Morgan fingerprint density at radius 3 is 2.93 bits per heavy atom. The van der Waals surface area contributed by atoms with E-state index >= 15 is 0 Å². The number of halogens is 2. The number of nitrogens with zero attached hydrogens (tertiary/aromatic N) is 3. The Balaban J connectivity index is 1.99. The molecular weight excluding hydrogens is 389 g/mol. The number of carbonyl (C=O) groups excluding carboxylic acids is 1. The van der Waals surface area contributed by atoms with Gasteiger partial charge in [-0.1, -0.05) is 23.2 Å². The Hall–Kier alpha value is -2.09. The number of H-pyrrole nitrogens is 1. The van der Waals surface area contributed by atoms with Crippen LogP contribution < -0.4 is 5.32 Å². The second kappa shape index (κ2) is 7.14. The van der Waals surface area contributed by atoms with Gasteiger partial charge in [-0.15, -0.1) is 0 Å². The van der Waals surface area contributed by atoms with Crippen molar-refractivity contribution in [3.8, 4) is 11.3 Å². The maximum absolute atomic E-state index is 12.4. The van der Waals surface area contributed by atoms with Crippen molar-refractivity contribution in [1.29, 1.82) is 0 Å². The van der Waals surface area contributed by atoms with Crippen LogP contribution in [0.1, 0.15) is 23.6 Å². The van der Waals surface area contributed by atoms with Crippen molar-refractivity contribution in [2.24, 2.45) is 7.05 Å². The van der Waals surface area contributed by atoms with Crippen LogP contribution in [0.3, 0.4) is 0 Å². The van der Waals surface area contributed by atoms with E-state index in [2.05, 4.69) is 20.5 Å². The number of aryl methyl sites for hydroxylation is 1. The summed E-state index contributed by atoms with van der Waals surface area (Å²) in [7, 11) is 3.42. The minimum Gasteiger partial charge on any atom is -0.385 e. The fourth-order valence-corrected chi connectivity index (χ4v) is 4.07. The Morgan fingerprint density at radius 2 is 2.22 bits per heavy atom. The van der Waals surface area contributed by atoms with Gasteiger partial charge in [-0.3, -0.25) is 4.79 Å². The molecular formula is C18H19Cl2N5O2. The maximum atomic E-state index is 12.4. The van der Waals surface area contributed by atoms with Crippen molar-refractivity contribution in [1.82, 2.24) is 25.3 Å². The first kappa shape index (κ1) is 18.3. The molecule has 2 N–H and O–H groups in total. The number of benzene rings is 1. The molecule has 142 valence electrons. The van der Waals surface area contributed by atoms with Gasteiger partial charge in [0.25, 0.3) is 0 Å². The zero-order chi connectivity index (χ0) is 19.1. The summed E-state index contributed by atoms with van der Waals surface area (Å²) in [4.78, 5) is 17.3. The lowest BCUT2D eigenvalue weighted by molar-refractivity contribution is -0.120. The number of hydrogen-bond donors (Lipinski definition) is 2. The minimum absolute atomic E-state index is 0.0202. The Bertz CT molecular complexity index is 1030. The monoisotopic (exact) mass is 407 g/mol. The standard InChI is InChI=1S/C18H19Cl2N5O2/c1-25-22-8-13(24-25)10-5-12(19)16(20)18-15(10)11-6-14(26)21-7-9(3-4-27-2)17(11)23-18/h5,8-9,23H,3-4,6-7H2,1-2H3,(H,21,26)/t9-/m0/s1. The molecule has 0 unspecified atom stereocenters. The van der Waals surface area contributed by atoms with E-state index in [9.17, 15) is 4.79 Å². The second-order valence-corrected chi connectivity index (χ2v) is 7.45. The average Bonchev–Trinajstić information content (AvgIpc) is 3.19. The molecule has 1 aromatic carbocycles. The number of hydrogen-bond acceptors (Lipinski definition) is 4. The van der Waals surface area contributed by atoms with Crippen LogP contribution >= 0.6 is 23.2 Å². The molecule has 7 nitrogen and oxygen atoms in total. The molecule has 3 heterocycles. The lowest BCUT2D eigenvalue weighted by Crippen LogP contribution is -2.27. The summed E-state index contributed by atoms with van der Waals surface area (Å²) in [6, 6.07) is 1.79. The Labute approximate surface area is 166 Å². The van der Waals surface area contributed by atoms with Crippen LogP contribution in [-0.2, 0) is 23.0 Å². The predicted molar refractivity (Wildman–Crippen MR) is 104 cm³/mol. The molecule has 27 heavy (non-hydrogen) atoms. The third-order valence-electron chi connectivity index (χ3n) is 4.94. The molecule has 3 aromatic rings. The maximum Gasteiger partial charge on any atom is 0.224 e. The van der Waals surface area contributed by atoms with Crippen LogP contribution in [0, 0.1) is 0 Å². The van der Waals surface area contributed by atoms with Crippen molar-refractivity contribution in [3.63, 3.8) is 0 Å². The SMILES string of the molecule is COCC[C@H]1CNC(=O)Cc2c1[nH]c1c(Cl)c(Cl)cc(-c3cnn(C)n3)c21. The molecule has 0 bridgehead atoms. The summed E-state index contributed by atoms with van der Waals surface area (Å²) in [6.07, 6.45) is 2.73. The van der Waals surface area contributed by atoms with Crippen LogP contribution in [0.5, 0.6) is 0 Å². The molecule has 4 rings (SSSR count). The smallest absolute Gasteiger partial charge is 0.224 e. The Morgan fingerprint density at radius 1 is 1.41 bits per heavy atom. The number of ether oxygens (including phenoxy) is 1. The van der Waals surface area contributed by atoms with Crippen molar-refractivity contribution in [2.75, 3.05) is 20.3 Å². The van der Waals surface area contributed by atoms with Gasteiger partial charge in [0, 0.05) is 49.9 Å². The van der Waals surface area contributed by atoms with Crippen molar-refractivity contribution in [3.05, 3.63) is 33.6 Å². The van der Waals surface area contributed by atoms with Gasteiger partial charge in [0.1, 0.15) is 5.69 Å². The lowest BCUT2D eigenvalue weighted by atomic mass is 9.95. The van der Waals surface area contributed by atoms with E-state index in [1.165, 1.54) is 4.80 Å². The number of rotatable bonds is 4. The topological polar surface area (TPSA) is 84.8 Å². The van der Waals surface area contributed by atoms with E-state index in [1.54, 1.807) is 26.4 Å². The van der Waals surface area contributed by atoms with Gasteiger partial charge in [-0.05, 0) is 18.1 Å². The van der Waals surface area contributed by atoms with E-state index in [1.807, 2.05) is 0 Å². The molecule has 1 aliphatic heterocycles. The van der Waals surface area contributed by atoms with Crippen LogP contribution in [0.2, 0.25) is 10.0 Å². The molecule has 1 atom stereocenters. The molecule has 9 heteroatoms. The average molecular weight is 408 g/mol. The zero-order valence-electron chi connectivity index (χ0n) is 15.0. The minimum atomic E-state index is -0.0202. The summed E-state index contributed by atoms with van der Waals surface area (Å²) in [6.45, 7) is 1.15. The van der Waals surface area contributed by atoms with E-state index < -0.39 is 0 Å². The number of aromatic nitrogens is 4. The molecule has 1 aliphatic rings. The summed E-state index contributed by atoms with van der Waals surface area (Å²) in [5.41, 5.74) is 4.15. The molecule has 1 amide bonds.